The van der Waals surface area contributed by atoms with Gasteiger partial charge in [-0.3, -0.25) is 0 Å². The number of aliphatic hydroxyl groups is 1. The monoisotopic (exact) mass is 225 g/mol. The van der Waals surface area contributed by atoms with Crippen LogP contribution in [0, 0.1) is 6.92 Å². The number of nitrogens with one attached hydrogen (secondary N) is 1. The second-order valence-corrected chi connectivity index (χ2v) is 4.74. The van der Waals surface area contributed by atoms with Gasteiger partial charge in [-0.1, -0.05) is 17.7 Å². The highest BCUT2D eigenvalue weighted by Crippen LogP contribution is 2.32. The van der Waals surface area contributed by atoms with Crippen LogP contribution in [0.2, 0.25) is 5.02 Å². The molecule has 1 heterocycles. The Kier molecular flexibility index (Phi) is 3.01. The fourth-order valence-electron chi connectivity index (χ4n) is 2.13. The topological polar surface area (TPSA) is 32.3 Å². The Morgan fingerprint density at radius 2 is 1.93 bits per heavy atom. The summed E-state index contributed by atoms with van der Waals surface area (Å²) >= 11 is 6.00. The van der Waals surface area contributed by atoms with Crippen molar-refractivity contribution in [1.29, 1.82) is 0 Å². The van der Waals surface area contributed by atoms with Crippen LogP contribution in [0.15, 0.2) is 18.2 Å². The van der Waals surface area contributed by atoms with Gasteiger partial charge in [0.1, 0.15) is 0 Å². The zero-order chi connectivity index (χ0) is 10.9. The SMILES string of the molecule is Cc1cc(Cl)cc(C2(O)CCNCC2)c1. The first-order valence-electron chi connectivity index (χ1n) is 5.31. The lowest BCUT2D eigenvalue weighted by Gasteiger charge is -2.33. The molecule has 0 atom stereocenters. The number of rotatable bonds is 1. The fourth-order valence-corrected chi connectivity index (χ4v) is 2.42. The second-order valence-electron chi connectivity index (χ2n) is 4.30. The molecule has 3 heteroatoms. The number of hydrogen-bond donors (Lipinski definition) is 2. The van der Waals surface area contributed by atoms with Crippen LogP contribution < -0.4 is 5.32 Å². The first kappa shape index (κ1) is 10.9. The van der Waals surface area contributed by atoms with Gasteiger partial charge >= 0.3 is 0 Å². The lowest BCUT2D eigenvalue weighted by atomic mass is 9.84. The summed E-state index contributed by atoms with van der Waals surface area (Å²) in [7, 11) is 0. The van der Waals surface area contributed by atoms with Gasteiger partial charge in [-0.2, -0.15) is 0 Å². The molecule has 2 N–H and O–H groups in total. The maximum atomic E-state index is 10.5. The first-order chi connectivity index (χ1) is 7.10. The van der Waals surface area contributed by atoms with Crippen LogP contribution in [0.25, 0.3) is 0 Å². The van der Waals surface area contributed by atoms with Crippen LogP contribution in [0.5, 0.6) is 0 Å². The van der Waals surface area contributed by atoms with Gasteiger partial charge in [-0.25, -0.2) is 0 Å². The van der Waals surface area contributed by atoms with E-state index in [0.717, 1.165) is 37.1 Å². The van der Waals surface area contributed by atoms with E-state index in [1.165, 1.54) is 0 Å². The van der Waals surface area contributed by atoms with Gasteiger partial charge in [0.05, 0.1) is 5.60 Å². The molecule has 0 saturated carbocycles. The average Bonchev–Trinajstić information content (AvgIpc) is 2.17. The molecule has 1 aliphatic rings. The molecule has 0 aromatic heterocycles. The molecule has 0 spiro atoms. The maximum Gasteiger partial charge on any atom is 0.0921 e. The summed E-state index contributed by atoms with van der Waals surface area (Å²) in [5.41, 5.74) is 1.36. The summed E-state index contributed by atoms with van der Waals surface area (Å²) in [4.78, 5) is 0. The molecule has 15 heavy (non-hydrogen) atoms. The van der Waals surface area contributed by atoms with Crippen LogP contribution in [0.3, 0.4) is 0 Å². The molecule has 0 aliphatic carbocycles. The summed E-state index contributed by atoms with van der Waals surface area (Å²) in [6, 6.07) is 5.81. The van der Waals surface area contributed by atoms with Crippen molar-refractivity contribution in [2.45, 2.75) is 25.4 Å². The van der Waals surface area contributed by atoms with Crippen LogP contribution in [0.4, 0.5) is 0 Å². The van der Waals surface area contributed by atoms with E-state index in [0.29, 0.717) is 5.02 Å². The Labute approximate surface area is 95.3 Å². The Morgan fingerprint density at radius 1 is 1.27 bits per heavy atom. The van der Waals surface area contributed by atoms with E-state index >= 15 is 0 Å². The Balaban J connectivity index is 2.34. The van der Waals surface area contributed by atoms with E-state index in [2.05, 4.69) is 5.32 Å². The van der Waals surface area contributed by atoms with Crippen molar-refractivity contribution in [2.75, 3.05) is 13.1 Å². The molecule has 1 aromatic rings. The minimum atomic E-state index is -0.694. The van der Waals surface area contributed by atoms with Crippen LogP contribution >= 0.6 is 11.6 Å². The van der Waals surface area contributed by atoms with Crippen molar-refractivity contribution < 1.29 is 5.11 Å². The molecule has 0 unspecified atom stereocenters. The smallest absolute Gasteiger partial charge is 0.0921 e. The summed E-state index contributed by atoms with van der Waals surface area (Å²) in [6.07, 6.45) is 1.51. The van der Waals surface area contributed by atoms with Crippen LogP contribution in [-0.2, 0) is 5.60 Å². The van der Waals surface area contributed by atoms with E-state index in [-0.39, 0.29) is 0 Å². The zero-order valence-corrected chi connectivity index (χ0v) is 9.64. The summed E-state index contributed by atoms with van der Waals surface area (Å²) in [5.74, 6) is 0. The number of benzene rings is 1. The van der Waals surface area contributed by atoms with Crippen molar-refractivity contribution in [3.05, 3.63) is 34.3 Å². The summed E-state index contributed by atoms with van der Waals surface area (Å²) < 4.78 is 0. The molecule has 82 valence electrons. The quantitative estimate of drug-likeness (QED) is 0.768. The highest BCUT2D eigenvalue weighted by molar-refractivity contribution is 6.30. The molecule has 0 radical (unpaired) electrons. The van der Waals surface area contributed by atoms with Gasteiger partial charge in [0.2, 0.25) is 0 Å². The van der Waals surface area contributed by atoms with Crippen molar-refractivity contribution >= 4 is 11.6 Å². The standard InChI is InChI=1S/C12H16ClNO/c1-9-6-10(8-11(13)7-9)12(15)2-4-14-5-3-12/h6-8,14-15H,2-5H2,1H3. The van der Waals surface area contributed by atoms with E-state index in [4.69, 9.17) is 11.6 Å². The van der Waals surface area contributed by atoms with E-state index in [1.54, 1.807) is 0 Å². The third kappa shape index (κ3) is 2.33. The normalized spacial score (nSPS) is 20.2. The van der Waals surface area contributed by atoms with E-state index in [1.807, 2.05) is 25.1 Å². The Morgan fingerprint density at radius 3 is 2.53 bits per heavy atom. The number of halogens is 1. The van der Waals surface area contributed by atoms with E-state index < -0.39 is 5.60 Å². The third-order valence-corrected chi connectivity index (χ3v) is 3.23. The van der Waals surface area contributed by atoms with Crippen molar-refractivity contribution in [3.8, 4) is 0 Å². The number of hydrogen-bond acceptors (Lipinski definition) is 2. The van der Waals surface area contributed by atoms with Crippen molar-refractivity contribution in [2.24, 2.45) is 0 Å². The summed E-state index contributed by atoms with van der Waals surface area (Å²) in [6.45, 7) is 3.73. The van der Waals surface area contributed by atoms with Gasteiger partial charge in [0, 0.05) is 5.02 Å². The largest absolute Gasteiger partial charge is 0.385 e. The zero-order valence-electron chi connectivity index (χ0n) is 8.89. The Bertz CT molecular complexity index is 338. The predicted molar refractivity (Wildman–Crippen MR) is 62.2 cm³/mol. The second kappa shape index (κ2) is 4.12. The van der Waals surface area contributed by atoms with Crippen molar-refractivity contribution in [3.63, 3.8) is 0 Å². The third-order valence-electron chi connectivity index (χ3n) is 3.01. The molecular formula is C12H16ClNO. The maximum absolute atomic E-state index is 10.5. The van der Waals surface area contributed by atoms with Crippen LogP contribution in [-0.4, -0.2) is 18.2 Å². The highest BCUT2D eigenvalue weighted by atomic mass is 35.5. The number of piperidine rings is 1. The summed E-state index contributed by atoms with van der Waals surface area (Å²) in [5, 5.41) is 14.4. The molecule has 1 saturated heterocycles. The molecule has 2 nitrogen and oxygen atoms in total. The van der Waals surface area contributed by atoms with Gasteiger partial charge in [0.15, 0.2) is 0 Å². The van der Waals surface area contributed by atoms with Crippen molar-refractivity contribution in [1.82, 2.24) is 5.32 Å². The minimum absolute atomic E-state index is 0.694. The average molecular weight is 226 g/mol. The first-order valence-corrected chi connectivity index (χ1v) is 5.69. The van der Waals surface area contributed by atoms with Gasteiger partial charge in [-0.15, -0.1) is 0 Å². The van der Waals surface area contributed by atoms with Crippen LogP contribution in [0.1, 0.15) is 24.0 Å². The lowest BCUT2D eigenvalue weighted by molar-refractivity contribution is 0.00590. The van der Waals surface area contributed by atoms with Gasteiger partial charge < -0.3 is 10.4 Å². The molecule has 1 fully saturated rings. The molecule has 0 bridgehead atoms. The van der Waals surface area contributed by atoms with Gasteiger partial charge in [-0.05, 0) is 56.1 Å². The number of aryl methyl sites for hydroxylation is 1. The molecule has 1 aromatic carbocycles. The molecular weight excluding hydrogens is 210 g/mol. The highest BCUT2D eigenvalue weighted by Gasteiger charge is 2.31. The van der Waals surface area contributed by atoms with Gasteiger partial charge in [0.25, 0.3) is 0 Å². The molecule has 0 amide bonds. The molecule has 1 aliphatic heterocycles. The molecule has 2 rings (SSSR count). The Hall–Kier alpha value is -0.570. The van der Waals surface area contributed by atoms with E-state index in [9.17, 15) is 5.11 Å². The lowest BCUT2D eigenvalue weighted by Crippen LogP contribution is -2.39. The predicted octanol–water partition coefficient (Wildman–Crippen LogP) is 2.22. The fraction of sp³-hybridized carbons (Fsp3) is 0.500. The minimum Gasteiger partial charge on any atom is -0.385 e.